The number of fused-ring (bicyclic) bond motifs is 1. The Labute approximate surface area is 204 Å². The fraction of sp³-hybridized carbons (Fsp3) is 0.286. The number of amides is 2. The second-order valence-electron chi connectivity index (χ2n) is 9.09. The molecule has 2 aromatic carbocycles. The van der Waals surface area contributed by atoms with Gasteiger partial charge in [-0.25, -0.2) is 0 Å². The molecular formula is C28H29N3O2S. The Hall–Kier alpha value is -3.38. The molecule has 5 nitrogen and oxygen atoms in total. The van der Waals surface area contributed by atoms with Gasteiger partial charge in [0.1, 0.15) is 5.00 Å². The summed E-state index contributed by atoms with van der Waals surface area (Å²) < 4.78 is 2.21. The molecule has 1 aliphatic rings. The molecule has 0 spiro atoms. The average Bonchev–Trinajstić information content (AvgIpc) is 3.46. The Bertz CT molecular complexity index is 1330. The van der Waals surface area contributed by atoms with Gasteiger partial charge in [0, 0.05) is 36.6 Å². The SMILES string of the molecule is Cc1ccc(CNC(=O)C2CCN(C(=O)c3ccc(-n4c(C)cc5ccccc54)s3)CC2)cc1. The number of piperidine rings is 1. The molecule has 6 heteroatoms. The van der Waals surface area contributed by atoms with Gasteiger partial charge in [0.2, 0.25) is 5.91 Å². The van der Waals surface area contributed by atoms with Crippen molar-refractivity contribution in [1.82, 2.24) is 14.8 Å². The summed E-state index contributed by atoms with van der Waals surface area (Å²) in [7, 11) is 0. The van der Waals surface area contributed by atoms with Crippen molar-refractivity contribution in [1.29, 1.82) is 0 Å². The van der Waals surface area contributed by atoms with E-state index in [4.69, 9.17) is 0 Å². The molecular weight excluding hydrogens is 442 g/mol. The van der Waals surface area contributed by atoms with Crippen molar-refractivity contribution in [3.63, 3.8) is 0 Å². The number of para-hydroxylation sites is 1. The van der Waals surface area contributed by atoms with Gasteiger partial charge >= 0.3 is 0 Å². The zero-order valence-corrected chi connectivity index (χ0v) is 20.4. The van der Waals surface area contributed by atoms with Gasteiger partial charge in [-0.3, -0.25) is 9.59 Å². The van der Waals surface area contributed by atoms with Crippen LogP contribution in [0.3, 0.4) is 0 Å². The van der Waals surface area contributed by atoms with Gasteiger partial charge in [-0.2, -0.15) is 0 Å². The van der Waals surface area contributed by atoms with Crippen molar-refractivity contribution in [2.75, 3.05) is 13.1 Å². The smallest absolute Gasteiger partial charge is 0.263 e. The Kier molecular flexibility index (Phi) is 6.24. The number of benzene rings is 2. The van der Waals surface area contributed by atoms with E-state index < -0.39 is 0 Å². The molecule has 0 aliphatic carbocycles. The second kappa shape index (κ2) is 9.47. The topological polar surface area (TPSA) is 54.3 Å². The van der Waals surface area contributed by atoms with Crippen LogP contribution >= 0.6 is 11.3 Å². The highest BCUT2D eigenvalue weighted by Crippen LogP contribution is 2.30. The van der Waals surface area contributed by atoms with Crippen LogP contribution in [0.15, 0.2) is 66.7 Å². The minimum atomic E-state index is -0.0396. The van der Waals surface area contributed by atoms with Crippen molar-refractivity contribution < 1.29 is 9.59 Å². The lowest BCUT2D eigenvalue weighted by Crippen LogP contribution is -2.42. The van der Waals surface area contributed by atoms with E-state index in [0.717, 1.165) is 26.7 Å². The molecule has 5 rings (SSSR count). The molecule has 0 saturated carbocycles. The summed E-state index contributed by atoms with van der Waals surface area (Å²) in [4.78, 5) is 28.4. The number of rotatable bonds is 5. The summed E-state index contributed by atoms with van der Waals surface area (Å²) in [6.45, 7) is 5.91. The largest absolute Gasteiger partial charge is 0.352 e. The molecule has 34 heavy (non-hydrogen) atoms. The molecule has 1 aliphatic heterocycles. The summed E-state index contributed by atoms with van der Waals surface area (Å²) in [5.41, 5.74) is 4.62. The highest BCUT2D eigenvalue weighted by atomic mass is 32.1. The molecule has 0 bridgehead atoms. The van der Waals surface area contributed by atoms with Gasteiger partial charge in [0.25, 0.3) is 5.91 Å². The third-order valence-electron chi connectivity index (χ3n) is 6.66. The number of aryl methyl sites for hydroxylation is 2. The highest BCUT2D eigenvalue weighted by molar-refractivity contribution is 7.16. The molecule has 0 atom stereocenters. The van der Waals surface area contributed by atoms with Crippen LogP contribution in [-0.4, -0.2) is 34.4 Å². The van der Waals surface area contributed by atoms with Crippen molar-refractivity contribution in [3.8, 4) is 5.00 Å². The third kappa shape index (κ3) is 4.50. The average molecular weight is 472 g/mol. The van der Waals surface area contributed by atoms with Crippen LogP contribution in [0.5, 0.6) is 0 Å². The minimum Gasteiger partial charge on any atom is -0.352 e. The summed E-state index contributed by atoms with van der Waals surface area (Å²) in [5, 5.41) is 5.31. The number of hydrogen-bond acceptors (Lipinski definition) is 3. The van der Waals surface area contributed by atoms with Gasteiger partial charge in [0.05, 0.1) is 10.4 Å². The number of hydrogen-bond donors (Lipinski definition) is 1. The highest BCUT2D eigenvalue weighted by Gasteiger charge is 2.28. The molecule has 1 N–H and O–H groups in total. The zero-order valence-electron chi connectivity index (χ0n) is 19.6. The van der Waals surface area contributed by atoms with Crippen LogP contribution in [0.1, 0.15) is 39.3 Å². The number of thiophene rings is 1. The van der Waals surface area contributed by atoms with Crippen LogP contribution in [0, 0.1) is 19.8 Å². The predicted octanol–water partition coefficient (Wildman–Crippen LogP) is 5.48. The predicted molar refractivity (Wildman–Crippen MR) is 138 cm³/mol. The fourth-order valence-corrected chi connectivity index (χ4v) is 5.74. The zero-order chi connectivity index (χ0) is 23.7. The van der Waals surface area contributed by atoms with Crippen LogP contribution in [-0.2, 0) is 11.3 Å². The summed E-state index contributed by atoms with van der Waals surface area (Å²) in [5.74, 6) is 0.104. The van der Waals surface area contributed by atoms with E-state index >= 15 is 0 Å². The van der Waals surface area contributed by atoms with E-state index in [-0.39, 0.29) is 17.7 Å². The Morgan fingerprint density at radius 2 is 1.71 bits per heavy atom. The number of carbonyl (C=O) groups excluding carboxylic acids is 2. The minimum absolute atomic E-state index is 0.0396. The molecule has 2 aromatic heterocycles. The number of carbonyl (C=O) groups is 2. The maximum absolute atomic E-state index is 13.2. The van der Waals surface area contributed by atoms with Gasteiger partial charge in [-0.1, -0.05) is 48.0 Å². The van der Waals surface area contributed by atoms with E-state index in [1.807, 2.05) is 41.3 Å². The molecule has 0 radical (unpaired) electrons. The Morgan fingerprint density at radius 3 is 2.47 bits per heavy atom. The standard InChI is InChI=1S/C28H29N3O2S/c1-19-7-9-21(10-8-19)18-29-27(32)22-13-15-30(16-14-22)28(33)25-11-12-26(34-25)31-20(2)17-23-5-3-4-6-24(23)31/h3-12,17,22H,13-16,18H2,1-2H3,(H,29,32). The van der Waals surface area contributed by atoms with Crippen LogP contribution in [0.4, 0.5) is 0 Å². The summed E-state index contributed by atoms with van der Waals surface area (Å²) in [6, 6.07) is 22.6. The Balaban J connectivity index is 1.19. The second-order valence-corrected chi connectivity index (χ2v) is 10.1. The van der Waals surface area contributed by atoms with Gasteiger partial charge in [0.15, 0.2) is 0 Å². The molecule has 1 fully saturated rings. The van der Waals surface area contributed by atoms with Crippen molar-refractivity contribution in [2.24, 2.45) is 5.92 Å². The van der Waals surface area contributed by atoms with E-state index in [9.17, 15) is 9.59 Å². The molecule has 174 valence electrons. The summed E-state index contributed by atoms with van der Waals surface area (Å²) >= 11 is 1.53. The first-order valence-electron chi connectivity index (χ1n) is 11.8. The summed E-state index contributed by atoms with van der Waals surface area (Å²) in [6.07, 6.45) is 1.40. The lowest BCUT2D eigenvalue weighted by Gasteiger charge is -2.31. The van der Waals surface area contributed by atoms with E-state index in [0.29, 0.717) is 32.5 Å². The number of likely N-dealkylation sites (tertiary alicyclic amines) is 1. The third-order valence-corrected chi connectivity index (χ3v) is 7.72. The van der Waals surface area contributed by atoms with Gasteiger partial charge < -0.3 is 14.8 Å². The molecule has 3 heterocycles. The maximum atomic E-state index is 13.2. The molecule has 2 amide bonds. The molecule has 1 saturated heterocycles. The first-order chi connectivity index (χ1) is 16.5. The number of nitrogens with one attached hydrogen (secondary N) is 1. The van der Waals surface area contributed by atoms with Crippen molar-refractivity contribution in [3.05, 3.63) is 88.4 Å². The lowest BCUT2D eigenvalue weighted by atomic mass is 9.95. The first kappa shape index (κ1) is 22.4. The van der Waals surface area contributed by atoms with Crippen LogP contribution in [0.25, 0.3) is 15.9 Å². The fourth-order valence-electron chi connectivity index (χ4n) is 4.69. The number of aromatic nitrogens is 1. The number of nitrogens with zero attached hydrogens (tertiary/aromatic N) is 2. The molecule has 0 unspecified atom stereocenters. The quantitative estimate of drug-likeness (QED) is 0.419. The van der Waals surface area contributed by atoms with Gasteiger partial charge in [-0.15, -0.1) is 11.3 Å². The van der Waals surface area contributed by atoms with Crippen LogP contribution < -0.4 is 5.32 Å². The Morgan fingerprint density at radius 1 is 0.971 bits per heavy atom. The lowest BCUT2D eigenvalue weighted by molar-refractivity contribution is -0.126. The van der Waals surface area contributed by atoms with E-state index in [1.165, 1.54) is 22.3 Å². The normalized spacial score (nSPS) is 14.5. The first-order valence-corrected chi connectivity index (χ1v) is 12.6. The molecule has 4 aromatic rings. The van der Waals surface area contributed by atoms with Gasteiger partial charge in [-0.05, 0) is 56.5 Å². The van der Waals surface area contributed by atoms with Crippen LogP contribution in [0.2, 0.25) is 0 Å². The maximum Gasteiger partial charge on any atom is 0.263 e. The van der Waals surface area contributed by atoms with Crippen molar-refractivity contribution >= 4 is 34.1 Å². The van der Waals surface area contributed by atoms with E-state index in [2.05, 4.69) is 54.1 Å². The van der Waals surface area contributed by atoms with Crippen molar-refractivity contribution in [2.45, 2.75) is 33.2 Å². The van der Waals surface area contributed by atoms with E-state index in [1.54, 1.807) is 0 Å². The monoisotopic (exact) mass is 471 g/mol.